The summed E-state index contributed by atoms with van der Waals surface area (Å²) in [6, 6.07) is 0. The molecule has 0 saturated heterocycles. The molecule has 0 unspecified atom stereocenters. The predicted octanol–water partition coefficient (Wildman–Crippen LogP) is 7.28. The predicted molar refractivity (Wildman–Crippen MR) is 122 cm³/mol. The fourth-order valence-electron chi connectivity index (χ4n) is 2.86. The minimum atomic E-state index is -0.116. The van der Waals surface area contributed by atoms with Gasteiger partial charge in [0.1, 0.15) is 0 Å². The van der Waals surface area contributed by atoms with Gasteiger partial charge in [-0.15, -0.1) is 0 Å². The molecule has 3 nitrogen and oxygen atoms in total. The van der Waals surface area contributed by atoms with Gasteiger partial charge in [0.25, 0.3) is 0 Å². The summed E-state index contributed by atoms with van der Waals surface area (Å²) in [5.74, 6) is 0.112. The Morgan fingerprint density at radius 2 is 0.926 bits per heavy atom. The minimum Gasteiger partial charge on any atom is -0.358 e. The molecule has 0 spiro atoms. The molecule has 0 rings (SSSR count). The summed E-state index contributed by atoms with van der Waals surface area (Å²) in [6.45, 7) is 6.03. The fourth-order valence-corrected chi connectivity index (χ4v) is 3.34. The summed E-state index contributed by atoms with van der Waals surface area (Å²) in [5.41, 5.74) is 0. The lowest BCUT2D eigenvalue weighted by atomic mass is 10.0. The molecule has 0 aliphatic carbocycles. The van der Waals surface area contributed by atoms with Crippen LogP contribution >= 0.6 is 11.8 Å². The van der Waals surface area contributed by atoms with E-state index in [1.165, 1.54) is 110 Å². The van der Waals surface area contributed by atoms with E-state index in [0.717, 1.165) is 11.8 Å². The molecule has 0 radical (unpaired) electrons. The van der Waals surface area contributed by atoms with Gasteiger partial charge in [0.2, 0.25) is 5.91 Å². The second-order valence-electron chi connectivity index (χ2n) is 7.40. The number of carbonyl (C=O) groups is 2. The van der Waals surface area contributed by atoms with Crippen LogP contribution in [0, 0.1) is 0 Å². The van der Waals surface area contributed by atoms with Crippen molar-refractivity contribution in [2.45, 2.75) is 124 Å². The average molecular weight is 402 g/mol. The molecule has 27 heavy (non-hydrogen) atoms. The Bertz CT molecular complexity index is 306. The van der Waals surface area contributed by atoms with E-state index in [4.69, 9.17) is 0 Å². The van der Waals surface area contributed by atoms with Crippen LogP contribution in [0.15, 0.2) is 0 Å². The van der Waals surface area contributed by atoms with Crippen molar-refractivity contribution < 1.29 is 9.59 Å². The molecular weight excluding hydrogens is 354 g/mol. The van der Waals surface area contributed by atoms with Crippen LogP contribution < -0.4 is 5.32 Å². The fraction of sp³-hybridized carbons (Fsp3) is 0.913. The molecule has 0 saturated carbocycles. The van der Waals surface area contributed by atoms with Crippen LogP contribution in [0.4, 0.5) is 0 Å². The molecule has 162 valence electrons. The molecule has 0 atom stereocenters. The molecule has 0 fully saturated rings. The monoisotopic (exact) mass is 401 g/mol. The zero-order valence-electron chi connectivity index (χ0n) is 18.7. The summed E-state index contributed by atoms with van der Waals surface area (Å²) in [7, 11) is 1.54. The van der Waals surface area contributed by atoms with E-state index in [0.29, 0.717) is 0 Å². The van der Waals surface area contributed by atoms with Crippen molar-refractivity contribution >= 4 is 22.8 Å². The second kappa shape index (κ2) is 25.5. The summed E-state index contributed by atoms with van der Waals surface area (Å²) < 4.78 is 0. The number of nitrogens with one attached hydrogen (secondary N) is 1. The maximum atomic E-state index is 10.4. The van der Waals surface area contributed by atoms with Crippen LogP contribution in [0.3, 0.4) is 0 Å². The molecule has 1 amide bonds. The van der Waals surface area contributed by atoms with E-state index in [-0.39, 0.29) is 16.8 Å². The van der Waals surface area contributed by atoms with Crippen molar-refractivity contribution in [1.29, 1.82) is 0 Å². The average Bonchev–Trinajstić information content (AvgIpc) is 2.67. The maximum Gasteiger partial charge on any atom is 0.230 e. The number of hydrogen-bond donors (Lipinski definition) is 1. The number of rotatable bonds is 17. The molecule has 0 aliphatic rings. The van der Waals surface area contributed by atoms with Gasteiger partial charge in [-0.1, -0.05) is 128 Å². The van der Waals surface area contributed by atoms with Crippen molar-refractivity contribution in [2.24, 2.45) is 0 Å². The van der Waals surface area contributed by atoms with E-state index < -0.39 is 0 Å². The van der Waals surface area contributed by atoms with Gasteiger partial charge in [-0.25, -0.2) is 0 Å². The smallest absolute Gasteiger partial charge is 0.230 e. The highest BCUT2D eigenvalue weighted by atomic mass is 32.2. The maximum absolute atomic E-state index is 10.4. The summed E-state index contributed by atoms with van der Waals surface area (Å²) in [6.07, 6.45) is 23.4. The first-order valence-corrected chi connectivity index (χ1v) is 12.4. The molecule has 4 heteroatoms. The van der Waals surface area contributed by atoms with Crippen LogP contribution in [-0.4, -0.2) is 23.8 Å². The van der Waals surface area contributed by atoms with E-state index in [1.807, 2.05) is 0 Å². The number of unbranched alkanes of at least 4 members (excludes halogenated alkanes) is 15. The lowest BCUT2D eigenvalue weighted by Crippen LogP contribution is -2.20. The topological polar surface area (TPSA) is 46.2 Å². The Kier molecular flexibility index (Phi) is 27.1. The van der Waals surface area contributed by atoms with Crippen molar-refractivity contribution in [3.05, 3.63) is 0 Å². The Morgan fingerprint density at radius 3 is 1.15 bits per heavy atom. The lowest BCUT2D eigenvalue weighted by Gasteiger charge is -2.03. The van der Waals surface area contributed by atoms with Crippen LogP contribution in [-0.2, 0) is 9.59 Å². The van der Waals surface area contributed by atoms with E-state index in [2.05, 4.69) is 19.2 Å². The standard InChI is InChI=1S/C18H38.C5H9NO2S/c1-3-5-7-9-11-13-15-17-18-16-14-12-10-8-6-4-2;1-4(7)9-3-5(8)6-2/h3-18H2,1-2H3;3H2,1-2H3,(H,6,8). The Morgan fingerprint density at radius 1 is 0.630 bits per heavy atom. The van der Waals surface area contributed by atoms with Crippen molar-refractivity contribution in [3.8, 4) is 0 Å². The third-order valence-electron chi connectivity index (χ3n) is 4.64. The van der Waals surface area contributed by atoms with E-state index >= 15 is 0 Å². The van der Waals surface area contributed by atoms with Crippen molar-refractivity contribution in [1.82, 2.24) is 5.32 Å². The quantitative estimate of drug-likeness (QED) is 0.260. The molecule has 0 aromatic rings. The molecule has 0 bridgehead atoms. The van der Waals surface area contributed by atoms with Crippen LogP contribution in [0.25, 0.3) is 0 Å². The highest BCUT2D eigenvalue weighted by Crippen LogP contribution is 2.13. The number of hydrogen-bond acceptors (Lipinski definition) is 3. The highest BCUT2D eigenvalue weighted by Gasteiger charge is 1.99. The SMILES string of the molecule is CCCCCCCCCCCCCCCCCC.CNC(=O)CSC(C)=O. The Hall–Kier alpha value is -0.510. The third-order valence-corrected chi connectivity index (χ3v) is 5.46. The summed E-state index contributed by atoms with van der Waals surface area (Å²) >= 11 is 1.01. The van der Waals surface area contributed by atoms with Crippen LogP contribution in [0.5, 0.6) is 0 Å². The second-order valence-corrected chi connectivity index (χ2v) is 8.56. The molecule has 0 aliphatic heterocycles. The Balaban J connectivity index is 0. The van der Waals surface area contributed by atoms with Gasteiger partial charge in [-0.3, -0.25) is 9.59 Å². The highest BCUT2D eigenvalue weighted by molar-refractivity contribution is 8.14. The van der Waals surface area contributed by atoms with Gasteiger partial charge in [0.05, 0.1) is 5.75 Å². The van der Waals surface area contributed by atoms with Crippen LogP contribution in [0.1, 0.15) is 124 Å². The lowest BCUT2D eigenvalue weighted by molar-refractivity contribution is -0.118. The first-order chi connectivity index (χ1) is 13.1. The third kappa shape index (κ3) is 30.5. The van der Waals surface area contributed by atoms with E-state index in [9.17, 15) is 9.59 Å². The molecular formula is C23H47NO2S. The van der Waals surface area contributed by atoms with Gasteiger partial charge < -0.3 is 5.32 Å². The van der Waals surface area contributed by atoms with Gasteiger partial charge >= 0.3 is 0 Å². The molecule has 0 aromatic carbocycles. The molecule has 0 heterocycles. The van der Waals surface area contributed by atoms with Gasteiger partial charge in [0, 0.05) is 14.0 Å². The number of thioether (sulfide) groups is 1. The molecule has 1 N–H and O–H groups in total. The Labute approximate surface area is 174 Å². The summed E-state index contributed by atoms with van der Waals surface area (Å²) in [4.78, 5) is 20.7. The van der Waals surface area contributed by atoms with Gasteiger partial charge in [0.15, 0.2) is 5.12 Å². The number of amides is 1. The first-order valence-electron chi connectivity index (χ1n) is 11.4. The first kappa shape index (κ1) is 28.7. The zero-order chi connectivity index (χ0) is 20.6. The van der Waals surface area contributed by atoms with Gasteiger partial charge in [-0.05, 0) is 0 Å². The van der Waals surface area contributed by atoms with Crippen LogP contribution in [0.2, 0.25) is 0 Å². The minimum absolute atomic E-state index is 0.0291. The van der Waals surface area contributed by atoms with Crippen molar-refractivity contribution in [2.75, 3.05) is 12.8 Å². The normalized spacial score (nSPS) is 10.2. The van der Waals surface area contributed by atoms with Gasteiger partial charge in [-0.2, -0.15) is 0 Å². The summed E-state index contributed by atoms with van der Waals surface area (Å²) in [5, 5.41) is 2.38. The zero-order valence-corrected chi connectivity index (χ0v) is 19.6. The number of carbonyl (C=O) groups excluding carboxylic acids is 2. The molecule has 0 aromatic heterocycles. The largest absolute Gasteiger partial charge is 0.358 e. The van der Waals surface area contributed by atoms with E-state index in [1.54, 1.807) is 7.05 Å². The van der Waals surface area contributed by atoms with Crippen molar-refractivity contribution in [3.63, 3.8) is 0 Å².